The van der Waals surface area contributed by atoms with Crippen LogP contribution in [-0.2, 0) is 10.3 Å². The molecule has 10 heteroatoms. The van der Waals surface area contributed by atoms with E-state index in [1.165, 1.54) is 17.4 Å². The number of amides is 2. The number of anilines is 1. The van der Waals surface area contributed by atoms with Gasteiger partial charge >= 0.3 is 0 Å². The first-order chi connectivity index (χ1) is 16.2. The molecule has 0 aliphatic heterocycles. The van der Waals surface area contributed by atoms with Gasteiger partial charge in [0.25, 0.3) is 5.91 Å². The van der Waals surface area contributed by atoms with Crippen molar-refractivity contribution in [3.05, 3.63) is 53.1 Å². The highest BCUT2D eigenvalue weighted by atomic mass is 32.1. The fourth-order valence-corrected chi connectivity index (χ4v) is 4.15. The summed E-state index contributed by atoms with van der Waals surface area (Å²) in [5.41, 5.74) is 0.901. The van der Waals surface area contributed by atoms with Crippen molar-refractivity contribution >= 4 is 39.3 Å². The van der Waals surface area contributed by atoms with Gasteiger partial charge in [-0.15, -0.1) is 0 Å². The Bertz CT molecular complexity index is 1130. The summed E-state index contributed by atoms with van der Waals surface area (Å²) in [6.07, 6.45) is 3.35. The van der Waals surface area contributed by atoms with E-state index in [0.717, 1.165) is 25.2 Å². The molecule has 3 N–H and O–H groups in total. The van der Waals surface area contributed by atoms with Crippen LogP contribution in [0, 0.1) is 0 Å². The van der Waals surface area contributed by atoms with Crippen molar-refractivity contribution < 1.29 is 9.59 Å². The van der Waals surface area contributed by atoms with Gasteiger partial charge in [-0.1, -0.05) is 54.7 Å². The van der Waals surface area contributed by atoms with Crippen molar-refractivity contribution in [1.29, 1.82) is 0 Å². The third-order valence-electron chi connectivity index (χ3n) is 5.42. The van der Waals surface area contributed by atoms with Crippen LogP contribution in [0.4, 0.5) is 5.82 Å². The largest absolute Gasteiger partial charge is 0.341 e. The number of nitrogens with zero attached hydrogens (tertiary/aromatic N) is 4. The first-order valence-corrected chi connectivity index (χ1v) is 12.1. The minimum atomic E-state index is -0.561. The predicted octanol–water partition coefficient (Wildman–Crippen LogP) is 3.06. The van der Waals surface area contributed by atoms with Crippen LogP contribution in [-0.4, -0.2) is 77.1 Å². The number of hydrogen-bond acceptors (Lipinski definition) is 7. The van der Waals surface area contributed by atoms with Crippen molar-refractivity contribution in [2.75, 3.05) is 45.6 Å². The highest BCUT2D eigenvalue weighted by Gasteiger charge is 2.26. The number of H-pyrrole nitrogens is 1. The monoisotopic (exact) mass is 483 g/mol. The molecule has 0 radical (unpaired) electrons. The maximum absolute atomic E-state index is 12.9. The molecule has 0 saturated carbocycles. The van der Waals surface area contributed by atoms with Crippen LogP contribution in [0.1, 0.15) is 36.1 Å². The molecule has 0 spiro atoms. The minimum Gasteiger partial charge on any atom is -0.341 e. The highest BCUT2D eigenvalue weighted by molar-refractivity contribution is 7.20. The van der Waals surface area contributed by atoms with Crippen LogP contribution in [0.25, 0.3) is 10.3 Å². The topological polar surface area (TPSA) is 106 Å². The third-order valence-corrected chi connectivity index (χ3v) is 6.37. The Hall–Kier alpha value is -3.08. The zero-order chi connectivity index (χ0) is 24.7. The molecule has 3 rings (SSSR count). The van der Waals surface area contributed by atoms with Gasteiger partial charge in [-0.3, -0.25) is 19.6 Å². The highest BCUT2D eigenvalue weighted by Crippen LogP contribution is 2.27. The van der Waals surface area contributed by atoms with Gasteiger partial charge in [0, 0.05) is 25.7 Å². The van der Waals surface area contributed by atoms with Crippen LogP contribution in [0.3, 0.4) is 0 Å². The lowest BCUT2D eigenvalue weighted by molar-refractivity contribution is -0.111. The summed E-state index contributed by atoms with van der Waals surface area (Å²) in [5.74, 6) is -0.188. The number of rotatable bonds is 11. The smallest absolute Gasteiger partial charge is 0.281 e. The van der Waals surface area contributed by atoms with E-state index >= 15 is 0 Å². The minimum absolute atomic E-state index is 0.279. The lowest BCUT2D eigenvalue weighted by Gasteiger charge is -2.26. The maximum atomic E-state index is 12.9. The third kappa shape index (κ3) is 6.72. The van der Waals surface area contributed by atoms with E-state index in [2.05, 4.69) is 42.5 Å². The fraction of sp³-hybridized carbons (Fsp3) is 0.417. The number of aromatic amines is 1. The second-order valence-electron chi connectivity index (χ2n) is 8.80. The summed E-state index contributed by atoms with van der Waals surface area (Å²) >= 11 is 1.18. The van der Waals surface area contributed by atoms with Crippen molar-refractivity contribution in [1.82, 2.24) is 30.3 Å². The molecule has 2 aromatic heterocycles. The second kappa shape index (κ2) is 11.4. The Morgan fingerprint density at radius 3 is 2.59 bits per heavy atom. The number of hydrogen-bond donors (Lipinski definition) is 3. The van der Waals surface area contributed by atoms with Crippen molar-refractivity contribution in [3.8, 4) is 0 Å². The molecule has 3 aromatic rings. The predicted molar refractivity (Wildman–Crippen MR) is 137 cm³/mol. The van der Waals surface area contributed by atoms with Gasteiger partial charge in [0.05, 0.1) is 5.54 Å². The van der Waals surface area contributed by atoms with Gasteiger partial charge in [0.15, 0.2) is 15.7 Å². The molecule has 34 heavy (non-hydrogen) atoms. The van der Waals surface area contributed by atoms with Crippen molar-refractivity contribution in [2.45, 2.75) is 26.3 Å². The summed E-state index contributed by atoms with van der Waals surface area (Å²) in [6.45, 7) is 9.47. The summed E-state index contributed by atoms with van der Waals surface area (Å²) in [5, 5.41) is 13.1. The van der Waals surface area contributed by atoms with Crippen molar-refractivity contribution in [2.24, 2.45) is 0 Å². The van der Waals surface area contributed by atoms with E-state index in [4.69, 9.17) is 0 Å². The Balaban J connectivity index is 1.62. The van der Waals surface area contributed by atoms with Gasteiger partial charge in [-0.05, 0) is 40.1 Å². The average molecular weight is 484 g/mol. The zero-order valence-corrected chi connectivity index (χ0v) is 21.2. The normalized spacial score (nSPS) is 12.2. The molecule has 2 heterocycles. The molecular weight excluding hydrogens is 450 g/mol. The van der Waals surface area contributed by atoms with Crippen LogP contribution >= 0.6 is 11.3 Å². The van der Waals surface area contributed by atoms with E-state index in [9.17, 15) is 9.59 Å². The van der Waals surface area contributed by atoms with E-state index in [1.54, 1.807) is 0 Å². The number of carbonyl (C=O) groups is 2. The molecule has 0 aliphatic rings. The molecule has 0 atom stereocenters. The molecule has 0 bridgehead atoms. The summed E-state index contributed by atoms with van der Waals surface area (Å²) in [6, 6.07) is 9.76. The van der Waals surface area contributed by atoms with Crippen LogP contribution in [0.5, 0.6) is 0 Å². The number of nitrogens with one attached hydrogen (secondary N) is 3. The molecule has 182 valence electrons. The molecule has 2 amide bonds. The summed E-state index contributed by atoms with van der Waals surface area (Å²) in [4.78, 5) is 34.6. The van der Waals surface area contributed by atoms with Gasteiger partial charge in [0.1, 0.15) is 5.52 Å². The average Bonchev–Trinajstić information content (AvgIpc) is 3.38. The molecule has 0 unspecified atom stereocenters. The van der Waals surface area contributed by atoms with Gasteiger partial charge in [-0.2, -0.15) is 5.10 Å². The van der Waals surface area contributed by atoms with Gasteiger partial charge in [-0.25, -0.2) is 4.98 Å². The van der Waals surface area contributed by atoms with Crippen molar-refractivity contribution in [3.63, 3.8) is 0 Å². The van der Waals surface area contributed by atoms with Crippen LogP contribution in [0.2, 0.25) is 0 Å². The maximum Gasteiger partial charge on any atom is 0.281 e. The number of likely N-dealkylation sites (N-methyl/N-ethyl adjacent to an activating group) is 2. The Morgan fingerprint density at radius 1 is 1.18 bits per heavy atom. The molecular formula is C24H33N7O2S. The molecule has 1 aromatic carbocycles. The van der Waals surface area contributed by atoms with E-state index in [1.807, 2.05) is 64.4 Å². The molecule has 0 saturated heterocycles. The fourth-order valence-electron chi connectivity index (χ4n) is 3.35. The SMILES string of the molecule is CCN(C/C=C/C(=O)Nc1[nH]nc2sc(C(=O)NC(C)(C)c3ccccc3)nc12)CCN(C)C. The second-order valence-corrected chi connectivity index (χ2v) is 9.78. The first kappa shape index (κ1) is 25.5. The number of thiazole rings is 1. The van der Waals surface area contributed by atoms with E-state index < -0.39 is 5.54 Å². The summed E-state index contributed by atoms with van der Waals surface area (Å²) in [7, 11) is 4.08. The van der Waals surface area contributed by atoms with Gasteiger partial charge < -0.3 is 15.5 Å². The van der Waals surface area contributed by atoms with E-state index in [-0.39, 0.29) is 11.8 Å². The molecule has 9 nitrogen and oxygen atoms in total. The van der Waals surface area contributed by atoms with E-state index in [0.29, 0.717) is 27.7 Å². The quantitative estimate of drug-likeness (QED) is 0.362. The zero-order valence-electron chi connectivity index (χ0n) is 20.4. The Morgan fingerprint density at radius 2 is 1.91 bits per heavy atom. The number of aromatic nitrogens is 3. The Kier molecular flexibility index (Phi) is 8.54. The Labute approximate surface area is 204 Å². The molecule has 0 aliphatic carbocycles. The van der Waals surface area contributed by atoms with Crippen LogP contribution < -0.4 is 10.6 Å². The summed E-state index contributed by atoms with van der Waals surface area (Å²) < 4.78 is 0. The molecule has 0 fully saturated rings. The lowest BCUT2D eigenvalue weighted by atomic mass is 9.94. The number of carbonyl (C=O) groups excluding carboxylic acids is 2. The standard InChI is InChI=1S/C24H33N7O2S/c1-6-31(16-15-30(4)5)14-10-13-18(32)25-20-19-22(29-28-20)34-23(26-19)21(33)27-24(2,3)17-11-8-7-9-12-17/h7-13H,6,14-16H2,1-5H3,(H,27,33)(H2,25,28,29,32)/b13-10+. The number of benzene rings is 1. The van der Waals surface area contributed by atoms with Gasteiger partial charge in [0.2, 0.25) is 5.91 Å². The first-order valence-electron chi connectivity index (χ1n) is 11.3. The number of fused-ring (bicyclic) bond motifs is 1. The lowest BCUT2D eigenvalue weighted by Crippen LogP contribution is -2.40. The van der Waals surface area contributed by atoms with Crippen LogP contribution in [0.15, 0.2) is 42.5 Å².